The summed E-state index contributed by atoms with van der Waals surface area (Å²) in [6, 6.07) is 7.25. The van der Waals surface area contributed by atoms with Crippen molar-refractivity contribution in [2.24, 2.45) is 0 Å². The molecule has 0 aliphatic carbocycles. The third kappa shape index (κ3) is 2.79. The number of hydrogen-bond acceptors (Lipinski definition) is 2. The van der Waals surface area contributed by atoms with E-state index in [0.717, 1.165) is 24.1 Å². The molecule has 0 spiro atoms. The van der Waals surface area contributed by atoms with Crippen LogP contribution in [0.5, 0.6) is 0 Å². The van der Waals surface area contributed by atoms with Crippen LogP contribution >= 0.6 is 0 Å². The SMILES string of the molecule is CCCNC(c1ccoc1)c1ccc(C)c(F)c1. The summed E-state index contributed by atoms with van der Waals surface area (Å²) in [5.41, 5.74) is 2.61. The Kier molecular flexibility index (Phi) is 4.15. The van der Waals surface area contributed by atoms with Crippen LogP contribution in [0.2, 0.25) is 0 Å². The molecule has 1 aromatic heterocycles. The molecule has 0 aliphatic heterocycles. The molecular formula is C15H18FNO. The van der Waals surface area contributed by atoms with Crippen molar-refractivity contribution < 1.29 is 8.81 Å². The molecule has 3 heteroatoms. The molecule has 0 saturated heterocycles. The van der Waals surface area contributed by atoms with E-state index in [-0.39, 0.29) is 11.9 Å². The monoisotopic (exact) mass is 247 g/mol. The maximum Gasteiger partial charge on any atom is 0.126 e. The number of nitrogens with one attached hydrogen (secondary N) is 1. The predicted octanol–water partition coefficient (Wildman–Crippen LogP) is 3.82. The zero-order valence-electron chi connectivity index (χ0n) is 10.7. The van der Waals surface area contributed by atoms with Gasteiger partial charge in [-0.1, -0.05) is 19.1 Å². The molecule has 2 rings (SSSR count). The van der Waals surface area contributed by atoms with Gasteiger partial charge in [-0.15, -0.1) is 0 Å². The molecule has 1 atom stereocenters. The van der Waals surface area contributed by atoms with Gasteiger partial charge in [0.05, 0.1) is 18.6 Å². The quantitative estimate of drug-likeness (QED) is 0.869. The van der Waals surface area contributed by atoms with E-state index in [1.54, 1.807) is 25.5 Å². The molecule has 1 unspecified atom stereocenters. The lowest BCUT2D eigenvalue weighted by Crippen LogP contribution is -2.22. The highest BCUT2D eigenvalue weighted by atomic mass is 19.1. The van der Waals surface area contributed by atoms with Crippen LogP contribution in [0.15, 0.2) is 41.2 Å². The molecule has 1 aromatic carbocycles. The topological polar surface area (TPSA) is 25.2 Å². The fourth-order valence-electron chi connectivity index (χ4n) is 1.94. The number of halogens is 1. The summed E-state index contributed by atoms with van der Waals surface area (Å²) in [5, 5.41) is 3.41. The second-order valence-electron chi connectivity index (χ2n) is 4.45. The van der Waals surface area contributed by atoms with Gasteiger partial charge in [0.2, 0.25) is 0 Å². The molecule has 0 aliphatic rings. The van der Waals surface area contributed by atoms with E-state index in [0.29, 0.717) is 5.56 Å². The summed E-state index contributed by atoms with van der Waals surface area (Å²) in [6.45, 7) is 4.76. The Morgan fingerprint density at radius 3 is 2.72 bits per heavy atom. The van der Waals surface area contributed by atoms with E-state index in [1.807, 2.05) is 18.2 Å². The molecule has 0 bridgehead atoms. The van der Waals surface area contributed by atoms with Gasteiger partial charge in [0.1, 0.15) is 5.82 Å². The lowest BCUT2D eigenvalue weighted by molar-refractivity contribution is 0.546. The average molecular weight is 247 g/mol. The molecule has 18 heavy (non-hydrogen) atoms. The first-order chi connectivity index (χ1) is 8.72. The highest BCUT2D eigenvalue weighted by Gasteiger charge is 2.15. The van der Waals surface area contributed by atoms with Crippen molar-refractivity contribution >= 4 is 0 Å². The van der Waals surface area contributed by atoms with E-state index in [4.69, 9.17) is 4.42 Å². The van der Waals surface area contributed by atoms with Crippen molar-refractivity contribution in [2.75, 3.05) is 6.54 Å². The normalized spacial score (nSPS) is 12.6. The van der Waals surface area contributed by atoms with Gasteiger partial charge in [-0.3, -0.25) is 0 Å². The number of benzene rings is 1. The van der Waals surface area contributed by atoms with Crippen LogP contribution in [0.4, 0.5) is 4.39 Å². The first kappa shape index (κ1) is 12.8. The maximum absolute atomic E-state index is 13.7. The zero-order valence-corrected chi connectivity index (χ0v) is 10.7. The Morgan fingerprint density at radius 1 is 1.28 bits per heavy atom. The molecule has 0 radical (unpaired) electrons. The Bertz CT molecular complexity index is 493. The van der Waals surface area contributed by atoms with Gasteiger partial charge in [-0.05, 0) is 43.1 Å². The van der Waals surface area contributed by atoms with Crippen molar-refractivity contribution in [3.8, 4) is 0 Å². The predicted molar refractivity (Wildman–Crippen MR) is 70.0 cm³/mol. The van der Waals surface area contributed by atoms with Gasteiger partial charge in [0, 0.05) is 5.56 Å². The summed E-state index contributed by atoms with van der Waals surface area (Å²) < 4.78 is 18.8. The fourth-order valence-corrected chi connectivity index (χ4v) is 1.94. The van der Waals surface area contributed by atoms with Crippen LogP contribution in [0, 0.1) is 12.7 Å². The summed E-state index contributed by atoms with van der Waals surface area (Å²) in [7, 11) is 0. The van der Waals surface area contributed by atoms with Crippen molar-refractivity contribution in [2.45, 2.75) is 26.3 Å². The van der Waals surface area contributed by atoms with Crippen molar-refractivity contribution in [3.05, 3.63) is 59.3 Å². The molecule has 96 valence electrons. The van der Waals surface area contributed by atoms with Gasteiger partial charge < -0.3 is 9.73 Å². The Balaban J connectivity index is 2.30. The van der Waals surface area contributed by atoms with E-state index in [2.05, 4.69) is 12.2 Å². The van der Waals surface area contributed by atoms with Crippen LogP contribution in [0.25, 0.3) is 0 Å². The summed E-state index contributed by atoms with van der Waals surface area (Å²) in [6.07, 6.45) is 4.37. The van der Waals surface area contributed by atoms with Crippen LogP contribution in [0.3, 0.4) is 0 Å². The minimum atomic E-state index is -0.167. The van der Waals surface area contributed by atoms with E-state index >= 15 is 0 Å². The van der Waals surface area contributed by atoms with E-state index in [1.165, 1.54) is 0 Å². The third-order valence-electron chi connectivity index (χ3n) is 3.00. The Morgan fingerprint density at radius 2 is 2.11 bits per heavy atom. The first-order valence-electron chi connectivity index (χ1n) is 6.24. The Labute approximate surface area is 107 Å². The second-order valence-corrected chi connectivity index (χ2v) is 4.45. The van der Waals surface area contributed by atoms with Crippen molar-refractivity contribution in [3.63, 3.8) is 0 Å². The standard InChI is InChI=1S/C15H18FNO/c1-3-7-17-15(13-6-8-18-10-13)12-5-4-11(2)14(16)9-12/h4-6,8-10,15,17H,3,7H2,1-2H3. The molecule has 1 N–H and O–H groups in total. The molecular weight excluding hydrogens is 229 g/mol. The lowest BCUT2D eigenvalue weighted by Gasteiger charge is -2.18. The van der Waals surface area contributed by atoms with Crippen LogP contribution < -0.4 is 5.32 Å². The zero-order chi connectivity index (χ0) is 13.0. The molecule has 0 fully saturated rings. The third-order valence-corrected chi connectivity index (χ3v) is 3.00. The van der Waals surface area contributed by atoms with Gasteiger partial charge in [-0.25, -0.2) is 4.39 Å². The Hall–Kier alpha value is -1.61. The number of rotatable bonds is 5. The van der Waals surface area contributed by atoms with Crippen LogP contribution in [-0.4, -0.2) is 6.54 Å². The highest BCUT2D eigenvalue weighted by Crippen LogP contribution is 2.24. The van der Waals surface area contributed by atoms with Crippen molar-refractivity contribution in [1.29, 1.82) is 0 Å². The van der Waals surface area contributed by atoms with E-state index < -0.39 is 0 Å². The number of hydrogen-bond donors (Lipinski definition) is 1. The van der Waals surface area contributed by atoms with Crippen LogP contribution in [-0.2, 0) is 0 Å². The molecule has 1 heterocycles. The summed E-state index contributed by atoms with van der Waals surface area (Å²) in [5.74, 6) is -0.167. The second kappa shape index (κ2) is 5.83. The largest absolute Gasteiger partial charge is 0.472 e. The minimum absolute atomic E-state index is 0.0150. The van der Waals surface area contributed by atoms with Gasteiger partial charge in [0.15, 0.2) is 0 Å². The average Bonchev–Trinajstić information content (AvgIpc) is 2.88. The summed E-state index contributed by atoms with van der Waals surface area (Å²) in [4.78, 5) is 0. The van der Waals surface area contributed by atoms with Gasteiger partial charge in [0.25, 0.3) is 0 Å². The number of aryl methyl sites for hydroxylation is 1. The maximum atomic E-state index is 13.7. The van der Waals surface area contributed by atoms with Gasteiger partial charge in [-0.2, -0.15) is 0 Å². The summed E-state index contributed by atoms with van der Waals surface area (Å²) >= 11 is 0. The smallest absolute Gasteiger partial charge is 0.126 e. The van der Waals surface area contributed by atoms with Crippen LogP contribution in [0.1, 0.15) is 36.1 Å². The molecule has 2 nitrogen and oxygen atoms in total. The number of furan rings is 1. The lowest BCUT2D eigenvalue weighted by atomic mass is 9.99. The van der Waals surface area contributed by atoms with Gasteiger partial charge >= 0.3 is 0 Å². The van der Waals surface area contributed by atoms with E-state index in [9.17, 15) is 4.39 Å². The molecule has 0 amide bonds. The first-order valence-corrected chi connectivity index (χ1v) is 6.24. The minimum Gasteiger partial charge on any atom is -0.472 e. The highest BCUT2D eigenvalue weighted by molar-refractivity contribution is 5.32. The molecule has 0 saturated carbocycles. The molecule has 2 aromatic rings. The fraction of sp³-hybridized carbons (Fsp3) is 0.333. The van der Waals surface area contributed by atoms with Crippen molar-refractivity contribution in [1.82, 2.24) is 5.32 Å².